The Kier molecular flexibility index (Phi) is 2.42. The van der Waals surface area contributed by atoms with Gasteiger partial charge in [-0.1, -0.05) is 35.9 Å². The number of hydrogen-bond donors (Lipinski definition) is 1. The van der Waals surface area contributed by atoms with E-state index in [1.165, 1.54) is 11.1 Å². The van der Waals surface area contributed by atoms with Crippen LogP contribution in [0.25, 0.3) is 5.57 Å². The van der Waals surface area contributed by atoms with E-state index in [0.717, 1.165) is 17.0 Å². The van der Waals surface area contributed by atoms with Crippen molar-refractivity contribution in [3.63, 3.8) is 0 Å². The van der Waals surface area contributed by atoms with Crippen LogP contribution in [0.15, 0.2) is 37.2 Å². The van der Waals surface area contributed by atoms with Gasteiger partial charge in [0.2, 0.25) is 0 Å². The van der Waals surface area contributed by atoms with Crippen molar-refractivity contribution in [2.75, 3.05) is 0 Å². The smallest absolute Gasteiger partial charge is 0.137 e. The summed E-state index contributed by atoms with van der Waals surface area (Å²) in [5, 5.41) is 0. The summed E-state index contributed by atoms with van der Waals surface area (Å²) in [6, 6.07) is 6.40. The number of aromatic nitrogens is 2. The van der Waals surface area contributed by atoms with Gasteiger partial charge in [-0.25, -0.2) is 4.98 Å². The molecule has 15 heavy (non-hydrogen) atoms. The fourth-order valence-electron chi connectivity index (χ4n) is 1.72. The van der Waals surface area contributed by atoms with Crippen molar-refractivity contribution in [3.8, 4) is 0 Å². The number of H-pyrrole nitrogens is 1. The summed E-state index contributed by atoms with van der Waals surface area (Å²) in [5.41, 5.74) is 4.56. The third-order valence-electron chi connectivity index (χ3n) is 2.35. The molecule has 0 radical (unpaired) electrons. The quantitative estimate of drug-likeness (QED) is 0.789. The summed E-state index contributed by atoms with van der Waals surface area (Å²) in [4.78, 5) is 7.26. The van der Waals surface area contributed by atoms with Crippen LogP contribution < -0.4 is 0 Å². The highest BCUT2D eigenvalue weighted by atomic mass is 14.9. The number of benzene rings is 1. The van der Waals surface area contributed by atoms with E-state index < -0.39 is 0 Å². The lowest BCUT2D eigenvalue weighted by Crippen LogP contribution is -1.90. The highest BCUT2D eigenvalue weighted by molar-refractivity contribution is 5.74. The Labute approximate surface area is 89.7 Å². The van der Waals surface area contributed by atoms with Crippen LogP contribution in [0, 0.1) is 13.8 Å². The number of aromatic amines is 1. The molecular formula is C13H14N2. The van der Waals surface area contributed by atoms with Crippen LogP contribution in [0.5, 0.6) is 0 Å². The summed E-state index contributed by atoms with van der Waals surface area (Å²) in [6.07, 6.45) is 3.55. The first-order chi connectivity index (χ1) is 7.16. The standard InChI is InChI=1S/C13H14N2/c1-9-6-10(2)8-12(7-9)11(3)13-14-4-5-15-13/h4-8H,3H2,1-2H3,(H,14,15). The molecule has 1 N–H and O–H groups in total. The van der Waals surface area contributed by atoms with Crippen molar-refractivity contribution >= 4 is 5.57 Å². The van der Waals surface area contributed by atoms with Crippen LogP contribution in [0.4, 0.5) is 0 Å². The second-order valence-corrected chi connectivity index (χ2v) is 3.79. The maximum absolute atomic E-state index is 4.20. The third-order valence-corrected chi connectivity index (χ3v) is 2.35. The fourth-order valence-corrected chi connectivity index (χ4v) is 1.72. The van der Waals surface area contributed by atoms with Crippen molar-refractivity contribution in [1.29, 1.82) is 0 Å². The van der Waals surface area contributed by atoms with Crippen LogP contribution in [0.3, 0.4) is 0 Å². The third kappa shape index (κ3) is 1.99. The average Bonchev–Trinajstić information content (AvgIpc) is 2.67. The van der Waals surface area contributed by atoms with Gasteiger partial charge in [-0.15, -0.1) is 0 Å². The minimum atomic E-state index is 0.833. The summed E-state index contributed by atoms with van der Waals surface area (Å²) in [5.74, 6) is 0.833. The second kappa shape index (κ2) is 3.73. The van der Waals surface area contributed by atoms with Crippen molar-refractivity contribution in [2.24, 2.45) is 0 Å². The van der Waals surface area contributed by atoms with E-state index in [1.807, 2.05) is 6.20 Å². The molecule has 1 heterocycles. The van der Waals surface area contributed by atoms with Gasteiger partial charge in [0.25, 0.3) is 0 Å². The lowest BCUT2D eigenvalue weighted by molar-refractivity contribution is 1.23. The first-order valence-corrected chi connectivity index (χ1v) is 4.94. The van der Waals surface area contributed by atoms with Gasteiger partial charge in [-0.05, 0) is 19.4 Å². The lowest BCUT2D eigenvalue weighted by atomic mass is 10.0. The summed E-state index contributed by atoms with van der Waals surface area (Å²) in [6.45, 7) is 8.23. The van der Waals surface area contributed by atoms with Gasteiger partial charge in [0.05, 0.1) is 0 Å². The molecule has 2 aromatic rings. The zero-order chi connectivity index (χ0) is 10.8. The molecule has 1 aromatic carbocycles. The molecule has 0 aliphatic rings. The van der Waals surface area contributed by atoms with Gasteiger partial charge in [0.1, 0.15) is 5.82 Å². The van der Waals surface area contributed by atoms with E-state index in [1.54, 1.807) is 6.20 Å². The molecule has 0 spiro atoms. The number of rotatable bonds is 2. The van der Waals surface area contributed by atoms with E-state index in [2.05, 4.69) is 48.6 Å². The average molecular weight is 198 g/mol. The predicted octanol–water partition coefficient (Wildman–Crippen LogP) is 3.09. The van der Waals surface area contributed by atoms with Crippen LogP contribution in [-0.4, -0.2) is 9.97 Å². The van der Waals surface area contributed by atoms with Crippen molar-refractivity contribution < 1.29 is 0 Å². The number of nitrogens with zero attached hydrogens (tertiary/aromatic N) is 1. The van der Waals surface area contributed by atoms with Gasteiger partial charge in [-0.3, -0.25) is 0 Å². The highest BCUT2D eigenvalue weighted by Crippen LogP contribution is 2.20. The number of hydrogen-bond acceptors (Lipinski definition) is 1. The Bertz CT molecular complexity index is 461. The number of imidazole rings is 1. The molecule has 0 amide bonds. The zero-order valence-electron chi connectivity index (χ0n) is 9.04. The van der Waals surface area contributed by atoms with E-state index in [-0.39, 0.29) is 0 Å². The van der Waals surface area contributed by atoms with Crippen molar-refractivity contribution in [1.82, 2.24) is 9.97 Å². The lowest BCUT2D eigenvalue weighted by Gasteiger charge is -2.05. The van der Waals surface area contributed by atoms with Crippen LogP contribution in [-0.2, 0) is 0 Å². The molecule has 0 unspecified atom stereocenters. The Balaban J connectivity index is 2.42. The number of nitrogens with one attached hydrogen (secondary N) is 1. The van der Waals surface area contributed by atoms with E-state index >= 15 is 0 Å². The Morgan fingerprint density at radius 3 is 2.40 bits per heavy atom. The molecule has 0 saturated carbocycles. The van der Waals surface area contributed by atoms with Gasteiger partial charge < -0.3 is 4.98 Å². The Morgan fingerprint density at radius 1 is 1.20 bits per heavy atom. The minimum absolute atomic E-state index is 0.833. The van der Waals surface area contributed by atoms with E-state index in [4.69, 9.17) is 0 Å². The molecule has 0 aliphatic heterocycles. The first kappa shape index (κ1) is 9.71. The molecule has 0 saturated heterocycles. The highest BCUT2D eigenvalue weighted by Gasteiger charge is 2.05. The molecule has 2 nitrogen and oxygen atoms in total. The molecule has 0 bridgehead atoms. The van der Waals surface area contributed by atoms with E-state index in [0.29, 0.717) is 0 Å². The SMILES string of the molecule is C=C(c1cc(C)cc(C)c1)c1ncc[nH]1. The molecule has 0 fully saturated rings. The van der Waals surface area contributed by atoms with Crippen LogP contribution in [0.2, 0.25) is 0 Å². The van der Waals surface area contributed by atoms with Gasteiger partial charge in [-0.2, -0.15) is 0 Å². The van der Waals surface area contributed by atoms with Gasteiger partial charge in [0.15, 0.2) is 0 Å². The maximum Gasteiger partial charge on any atom is 0.137 e. The predicted molar refractivity (Wildman–Crippen MR) is 62.6 cm³/mol. The summed E-state index contributed by atoms with van der Waals surface area (Å²) in [7, 11) is 0. The minimum Gasteiger partial charge on any atom is -0.345 e. The largest absolute Gasteiger partial charge is 0.345 e. The topological polar surface area (TPSA) is 28.7 Å². The normalized spacial score (nSPS) is 10.3. The van der Waals surface area contributed by atoms with Crippen molar-refractivity contribution in [3.05, 3.63) is 59.7 Å². The molecule has 1 aromatic heterocycles. The maximum atomic E-state index is 4.20. The molecule has 0 atom stereocenters. The van der Waals surface area contributed by atoms with Crippen LogP contribution in [0.1, 0.15) is 22.5 Å². The monoisotopic (exact) mass is 198 g/mol. The summed E-state index contributed by atoms with van der Waals surface area (Å²) >= 11 is 0. The summed E-state index contributed by atoms with van der Waals surface area (Å²) < 4.78 is 0. The van der Waals surface area contributed by atoms with Gasteiger partial charge >= 0.3 is 0 Å². The van der Waals surface area contributed by atoms with E-state index in [9.17, 15) is 0 Å². The first-order valence-electron chi connectivity index (χ1n) is 4.94. The molecule has 2 rings (SSSR count). The van der Waals surface area contributed by atoms with Gasteiger partial charge in [0, 0.05) is 18.0 Å². The molecule has 76 valence electrons. The Morgan fingerprint density at radius 2 is 1.87 bits per heavy atom. The van der Waals surface area contributed by atoms with Crippen molar-refractivity contribution in [2.45, 2.75) is 13.8 Å². The zero-order valence-corrected chi connectivity index (χ0v) is 9.04. The number of aryl methyl sites for hydroxylation is 2. The fraction of sp³-hybridized carbons (Fsp3) is 0.154. The second-order valence-electron chi connectivity index (χ2n) is 3.79. The molecule has 0 aliphatic carbocycles. The molecular weight excluding hydrogens is 184 g/mol. The molecule has 2 heteroatoms. The Hall–Kier alpha value is -1.83. The van der Waals surface area contributed by atoms with Crippen LogP contribution >= 0.6 is 0 Å².